The van der Waals surface area contributed by atoms with E-state index in [4.69, 9.17) is 4.98 Å². The lowest BCUT2D eigenvalue weighted by Gasteiger charge is -2.19. The number of aryl methyl sites for hydroxylation is 1. The van der Waals surface area contributed by atoms with Gasteiger partial charge in [-0.15, -0.1) is 0 Å². The summed E-state index contributed by atoms with van der Waals surface area (Å²) in [6.45, 7) is 2.85. The smallest absolute Gasteiger partial charge is 0.261 e. The Kier molecular flexibility index (Phi) is 5.99. The highest BCUT2D eigenvalue weighted by atomic mass is 16.3. The Labute approximate surface area is 198 Å². The van der Waals surface area contributed by atoms with Crippen molar-refractivity contribution < 1.29 is 9.90 Å². The fourth-order valence-corrected chi connectivity index (χ4v) is 4.78. The van der Waals surface area contributed by atoms with E-state index in [1.54, 1.807) is 10.6 Å². The van der Waals surface area contributed by atoms with Crippen LogP contribution in [0.3, 0.4) is 0 Å². The van der Waals surface area contributed by atoms with Crippen LogP contribution in [0.4, 0.5) is 5.69 Å². The lowest BCUT2D eigenvalue weighted by molar-refractivity contribution is -0.119. The van der Waals surface area contributed by atoms with Crippen LogP contribution in [-0.2, 0) is 24.3 Å². The Balaban J connectivity index is 1.57. The third-order valence-corrected chi connectivity index (χ3v) is 6.46. The minimum Gasteiger partial charge on any atom is -0.396 e. The Morgan fingerprint density at radius 3 is 2.53 bits per heavy atom. The van der Waals surface area contributed by atoms with Gasteiger partial charge < -0.3 is 10.0 Å². The van der Waals surface area contributed by atoms with Crippen molar-refractivity contribution in [2.45, 2.75) is 38.8 Å². The molecule has 0 bridgehead atoms. The monoisotopic (exact) mass is 453 g/mol. The minimum absolute atomic E-state index is 0.0144. The fourth-order valence-electron chi connectivity index (χ4n) is 4.78. The van der Waals surface area contributed by atoms with Crippen molar-refractivity contribution in [2.75, 3.05) is 11.5 Å². The van der Waals surface area contributed by atoms with Gasteiger partial charge in [0.15, 0.2) is 0 Å². The number of carbonyl (C=O) groups is 1. The first-order chi connectivity index (χ1) is 16.6. The van der Waals surface area contributed by atoms with E-state index in [2.05, 4.69) is 6.07 Å². The number of rotatable bonds is 7. The van der Waals surface area contributed by atoms with E-state index < -0.39 is 5.92 Å². The second-order valence-electron chi connectivity index (χ2n) is 8.81. The van der Waals surface area contributed by atoms with Crippen LogP contribution in [0, 0.1) is 6.92 Å². The van der Waals surface area contributed by atoms with Crippen molar-refractivity contribution >= 4 is 22.5 Å². The van der Waals surface area contributed by atoms with Gasteiger partial charge in [0.1, 0.15) is 5.82 Å². The number of aliphatic hydroxyl groups excluding tert-OH is 1. The molecule has 0 aliphatic carbocycles. The molecular formula is C28H27N3O3. The maximum atomic E-state index is 13.7. The number of hydrogen-bond donors (Lipinski definition) is 1. The lowest BCUT2D eigenvalue weighted by atomic mass is 9.95. The molecule has 1 atom stereocenters. The van der Waals surface area contributed by atoms with Crippen LogP contribution in [0.15, 0.2) is 77.6 Å². The molecule has 1 amide bonds. The number of anilines is 1. The maximum absolute atomic E-state index is 13.7. The van der Waals surface area contributed by atoms with Crippen molar-refractivity contribution in [3.63, 3.8) is 0 Å². The number of amides is 1. The maximum Gasteiger partial charge on any atom is 0.261 e. The van der Waals surface area contributed by atoms with E-state index in [1.807, 2.05) is 72.5 Å². The van der Waals surface area contributed by atoms with Crippen LogP contribution in [0.25, 0.3) is 10.9 Å². The Morgan fingerprint density at radius 2 is 1.74 bits per heavy atom. The van der Waals surface area contributed by atoms with Gasteiger partial charge in [0.2, 0.25) is 5.91 Å². The molecule has 0 fully saturated rings. The molecule has 1 aliphatic heterocycles. The van der Waals surface area contributed by atoms with Gasteiger partial charge in [-0.25, -0.2) is 4.98 Å². The van der Waals surface area contributed by atoms with Gasteiger partial charge in [0.25, 0.3) is 5.56 Å². The molecule has 1 aromatic heterocycles. The summed E-state index contributed by atoms with van der Waals surface area (Å²) in [6.07, 6.45) is 0.771. The van der Waals surface area contributed by atoms with Gasteiger partial charge in [-0.3, -0.25) is 14.2 Å². The Hall–Kier alpha value is -3.77. The summed E-state index contributed by atoms with van der Waals surface area (Å²) in [7, 11) is 0. The third-order valence-electron chi connectivity index (χ3n) is 6.46. The third kappa shape index (κ3) is 4.01. The molecule has 1 aliphatic rings. The zero-order valence-corrected chi connectivity index (χ0v) is 19.1. The summed E-state index contributed by atoms with van der Waals surface area (Å²) in [5.41, 5.74) is 4.52. The normalized spacial score (nSPS) is 15.2. The van der Waals surface area contributed by atoms with Crippen LogP contribution < -0.4 is 10.5 Å². The molecule has 6 nitrogen and oxygen atoms in total. The summed E-state index contributed by atoms with van der Waals surface area (Å²) in [5.74, 6) is 0.164. The summed E-state index contributed by atoms with van der Waals surface area (Å²) in [4.78, 5) is 33.6. The van der Waals surface area contributed by atoms with Crippen molar-refractivity contribution in [3.05, 3.63) is 106 Å². The molecule has 5 rings (SSSR count). The molecule has 3 aromatic carbocycles. The van der Waals surface area contributed by atoms with Crippen molar-refractivity contribution in [3.8, 4) is 0 Å². The second-order valence-corrected chi connectivity index (χ2v) is 8.81. The van der Waals surface area contributed by atoms with E-state index in [0.29, 0.717) is 42.7 Å². The first-order valence-corrected chi connectivity index (χ1v) is 11.6. The van der Waals surface area contributed by atoms with E-state index >= 15 is 0 Å². The topological polar surface area (TPSA) is 75.4 Å². The molecule has 34 heavy (non-hydrogen) atoms. The van der Waals surface area contributed by atoms with Crippen LogP contribution >= 0.6 is 0 Å². The van der Waals surface area contributed by atoms with E-state index in [1.165, 1.54) is 0 Å². The summed E-state index contributed by atoms with van der Waals surface area (Å²) >= 11 is 0. The molecule has 2 heterocycles. The number of para-hydroxylation sites is 1. The molecule has 1 unspecified atom stereocenters. The first-order valence-electron chi connectivity index (χ1n) is 11.6. The van der Waals surface area contributed by atoms with E-state index in [0.717, 1.165) is 22.4 Å². The largest absolute Gasteiger partial charge is 0.396 e. The lowest BCUT2D eigenvalue weighted by Crippen LogP contribution is -2.31. The predicted octanol–water partition coefficient (Wildman–Crippen LogP) is 3.96. The highest BCUT2D eigenvalue weighted by molar-refractivity contribution is 6.05. The number of nitrogens with zero attached hydrogens (tertiary/aromatic N) is 3. The predicted molar refractivity (Wildman–Crippen MR) is 133 cm³/mol. The van der Waals surface area contributed by atoms with Crippen molar-refractivity contribution in [1.29, 1.82) is 0 Å². The summed E-state index contributed by atoms with van der Waals surface area (Å²) in [5, 5.41) is 9.93. The molecule has 4 aromatic rings. The first kappa shape index (κ1) is 22.0. The Bertz CT molecular complexity index is 1410. The van der Waals surface area contributed by atoms with Gasteiger partial charge in [-0.05, 0) is 42.7 Å². The van der Waals surface area contributed by atoms with E-state index in [9.17, 15) is 14.7 Å². The Morgan fingerprint density at radius 1 is 0.971 bits per heavy atom. The standard InChI is InChI=1S/C28H27N3O3/c1-19-12-13-25-22(16-19)23(28(34)31(25)18-20-8-3-2-4-9-20)17-26-29-24-11-6-5-10-21(24)27(33)30(26)14-7-15-32/h2-6,8-13,16,23,32H,7,14-15,17-18H2,1H3. The highest BCUT2D eigenvalue weighted by Gasteiger charge is 2.38. The van der Waals surface area contributed by atoms with Gasteiger partial charge in [0, 0.05) is 25.3 Å². The van der Waals surface area contributed by atoms with Gasteiger partial charge in [-0.1, -0.05) is 60.2 Å². The van der Waals surface area contributed by atoms with Crippen molar-refractivity contribution in [2.24, 2.45) is 0 Å². The van der Waals surface area contributed by atoms with E-state index in [-0.39, 0.29) is 18.1 Å². The zero-order chi connectivity index (χ0) is 23.7. The van der Waals surface area contributed by atoms with Crippen molar-refractivity contribution in [1.82, 2.24) is 9.55 Å². The van der Waals surface area contributed by atoms with Gasteiger partial charge in [0.05, 0.1) is 23.4 Å². The number of hydrogen-bond acceptors (Lipinski definition) is 4. The molecule has 6 heteroatoms. The number of carbonyl (C=O) groups excluding carboxylic acids is 1. The number of benzene rings is 3. The second kappa shape index (κ2) is 9.23. The SMILES string of the molecule is Cc1ccc2c(c1)C(Cc1nc3ccccc3c(=O)n1CCCO)C(=O)N2Cc1ccccc1. The number of fused-ring (bicyclic) bond motifs is 2. The minimum atomic E-state index is -0.424. The average molecular weight is 454 g/mol. The van der Waals surface area contributed by atoms with Gasteiger partial charge in [-0.2, -0.15) is 0 Å². The van der Waals surface area contributed by atoms with Crippen LogP contribution in [0.2, 0.25) is 0 Å². The molecule has 0 spiro atoms. The molecular weight excluding hydrogens is 426 g/mol. The highest BCUT2D eigenvalue weighted by Crippen LogP contribution is 2.40. The fraction of sp³-hybridized carbons (Fsp3) is 0.250. The quantitative estimate of drug-likeness (QED) is 0.460. The molecule has 1 N–H and O–H groups in total. The number of aliphatic hydroxyl groups is 1. The summed E-state index contributed by atoms with van der Waals surface area (Å²) < 4.78 is 1.63. The summed E-state index contributed by atoms with van der Waals surface area (Å²) in [6, 6.07) is 23.3. The molecule has 0 saturated heterocycles. The number of aromatic nitrogens is 2. The average Bonchev–Trinajstić information content (AvgIpc) is 3.09. The van der Waals surface area contributed by atoms with Crippen LogP contribution in [0.5, 0.6) is 0 Å². The van der Waals surface area contributed by atoms with Crippen LogP contribution in [-0.4, -0.2) is 27.2 Å². The zero-order valence-electron chi connectivity index (χ0n) is 19.1. The molecule has 0 saturated carbocycles. The molecule has 0 radical (unpaired) electrons. The molecule has 172 valence electrons. The van der Waals surface area contributed by atoms with Gasteiger partial charge >= 0.3 is 0 Å². The van der Waals surface area contributed by atoms with Crippen LogP contribution in [0.1, 0.15) is 34.9 Å².